The summed E-state index contributed by atoms with van der Waals surface area (Å²) in [5, 5.41) is 10.9. The normalized spacial score (nSPS) is 17.6. The summed E-state index contributed by atoms with van der Waals surface area (Å²) in [6, 6.07) is 9.92. The number of likely N-dealkylation sites (tertiary alicyclic amines) is 1. The van der Waals surface area contributed by atoms with Crippen molar-refractivity contribution in [2.45, 2.75) is 38.6 Å². The highest BCUT2D eigenvalue weighted by molar-refractivity contribution is 5.92. The fourth-order valence-electron chi connectivity index (χ4n) is 3.05. The third-order valence-electron chi connectivity index (χ3n) is 4.38. The lowest BCUT2D eigenvalue weighted by Crippen LogP contribution is -2.43. The van der Waals surface area contributed by atoms with Crippen molar-refractivity contribution >= 4 is 17.4 Å². The lowest BCUT2D eigenvalue weighted by atomic mass is 9.99. The van der Waals surface area contributed by atoms with Crippen LogP contribution in [0.2, 0.25) is 0 Å². The fraction of sp³-hybridized carbons (Fsp3) is 0.389. The molecule has 1 N–H and O–H groups in total. The molecule has 1 saturated heterocycles. The van der Waals surface area contributed by atoms with Gasteiger partial charge in [-0.1, -0.05) is 19.1 Å². The molecule has 1 fully saturated rings. The van der Waals surface area contributed by atoms with E-state index >= 15 is 0 Å². The molecule has 1 atom stereocenters. The number of hydrogen-bond donors (Lipinski definition) is 1. The minimum atomic E-state index is -0.362. The van der Waals surface area contributed by atoms with Crippen LogP contribution in [-0.2, 0) is 0 Å². The van der Waals surface area contributed by atoms with Crippen LogP contribution in [0.25, 0.3) is 0 Å². The third-order valence-corrected chi connectivity index (χ3v) is 4.38. The number of carbonyl (C=O) groups is 1. The minimum absolute atomic E-state index is 0.0773. The van der Waals surface area contributed by atoms with Gasteiger partial charge < -0.3 is 10.2 Å². The Bertz CT molecular complexity index is 704. The van der Waals surface area contributed by atoms with Gasteiger partial charge in [-0.15, -0.1) is 10.2 Å². The maximum Gasteiger partial charge on any atom is 0.274 e. The molecule has 2 heterocycles. The number of nitrogens with zero attached hydrogens (tertiary/aromatic N) is 3. The first kappa shape index (κ1) is 16.4. The van der Waals surface area contributed by atoms with E-state index in [1.54, 1.807) is 30.3 Å². The average Bonchev–Trinajstić information content (AvgIpc) is 2.63. The zero-order valence-electron chi connectivity index (χ0n) is 13.7. The predicted molar refractivity (Wildman–Crippen MR) is 90.7 cm³/mol. The minimum Gasteiger partial charge on any atom is -0.336 e. The standard InChI is InChI=1S/C18H21FN4O/c1-2-13-7-5-6-12-23(13)18(24)16-10-11-17(22-21-16)20-15-9-4-3-8-14(15)19/h3-4,8-11,13H,2,5-7,12H2,1H3,(H,20,22). The molecule has 0 saturated carbocycles. The molecule has 0 aliphatic carbocycles. The van der Waals surface area contributed by atoms with Crippen LogP contribution in [0, 0.1) is 5.82 Å². The molecule has 5 nitrogen and oxygen atoms in total. The maximum absolute atomic E-state index is 13.6. The molecular formula is C18H21FN4O. The van der Waals surface area contributed by atoms with Crippen LogP contribution >= 0.6 is 0 Å². The summed E-state index contributed by atoms with van der Waals surface area (Å²) in [5.41, 5.74) is 0.655. The zero-order valence-corrected chi connectivity index (χ0v) is 13.7. The molecular weight excluding hydrogens is 307 g/mol. The number of amides is 1. The Labute approximate surface area is 140 Å². The number of para-hydroxylation sites is 1. The van der Waals surface area contributed by atoms with Gasteiger partial charge in [-0.2, -0.15) is 0 Å². The molecule has 1 aromatic heterocycles. The number of hydrogen-bond acceptors (Lipinski definition) is 4. The predicted octanol–water partition coefficient (Wildman–Crippen LogP) is 3.76. The maximum atomic E-state index is 13.6. The molecule has 0 bridgehead atoms. The van der Waals surface area contributed by atoms with Crippen LogP contribution in [0.5, 0.6) is 0 Å². The SMILES string of the molecule is CCC1CCCCN1C(=O)c1ccc(Nc2ccccc2F)nn1. The van der Waals surface area contributed by atoms with Gasteiger partial charge in [0.15, 0.2) is 11.5 Å². The molecule has 6 heteroatoms. The van der Waals surface area contributed by atoms with Crippen molar-refractivity contribution in [2.24, 2.45) is 0 Å². The Hall–Kier alpha value is -2.50. The summed E-state index contributed by atoms with van der Waals surface area (Å²) in [6.45, 7) is 2.87. The van der Waals surface area contributed by atoms with Crippen molar-refractivity contribution in [3.8, 4) is 0 Å². The molecule has 3 rings (SSSR count). The zero-order chi connectivity index (χ0) is 16.9. The number of aromatic nitrogens is 2. The summed E-state index contributed by atoms with van der Waals surface area (Å²) in [6.07, 6.45) is 4.19. The molecule has 1 aliphatic heterocycles. The number of piperidine rings is 1. The molecule has 2 aromatic rings. The van der Waals surface area contributed by atoms with Gasteiger partial charge in [0.05, 0.1) is 5.69 Å². The van der Waals surface area contributed by atoms with Gasteiger partial charge in [0.2, 0.25) is 0 Å². The van der Waals surface area contributed by atoms with Gasteiger partial charge in [-0.3, -0.25) is 4.79 Å². The quantitative estimate of drug-likeness (QED) is 0.928. The lowest BCUT2D eigenvalue weighted by molar-refractivity contribution is 0.0601. The second-order valence-corrected chi connectivity index (χ2v) is 5.97. The van der Waals surface area contributed by atoms with E-state index in [0.29, 0.717) is 17.2 Å². The van der Waals surface area contributed by atoms with Gasteiger partial charge >= 0.3 is 0 Å². The first-order valence-corrected chi connectivity index (χ1v) is 8.35. The molecule has 24 heavy (non-hydrogen) atoms. The van der Waals surface area contributed by atoms with Crippen LogP contribution in [-0.4, -0.2) is 33.6 Å². The highest BCUT2D eigenvalue weighted by Crippen LogP contribution is 2.22. The van der Waals surface area contributed by atoms with Gasteiger partial charge in [0.25, 0.3) is 5.91 Å². The average molecular weight is 328 g/mol. The van der Waals surface area contributed by atoms with E-state index in [1.807, 2.05) is 4.90 Å². The van der Waals surface area contributed by atoms with Crippen LogP contribution in [0.3, 0.4) is 0 Å². The number of rotatable bonds is 4. The Balaban J connectivity index is 1.72. The molecule has 1 aromatic carbocycles. The smallest absolute Gasteiger partial charge is 0.274 e. The molecule has 1 amide bonds. The Morgan fingerprint density at radius 2 is 2.08 bits per heavy atom. The van der Waals surface area contributed by atoms with E-state index in [4.69, 9.17) is 0 Å². The number of carbonyl (C=O) groups excluding carboxylic acids is 1. The topological polar surface area (TPSA) is 58.1 Å². The van der Waals surface area contributed by atoms with Crippen molar-refractivity contribution in [3.63, 3.8) is 0 Å². The van der Waals surface area contributed by atoms with Crippen LogP contribution in [0.1, 0.15) is 43.1 Å². The summed E-state index contributed by atoms with van der Waals surface area (Å²) < 4.78 is 13.6. The molecule has 1 aliphatic rings. The molecule has 126 valence electrons. The first-order chi connectivity index (χ1) is 11.7. The van der Waals surface area contributed by atoms with Crippen molar-refractivity contribution in [1.29, 1.82) is 0 Å². The Morgan fingerprint density at radius 3 is 2.79 bits per heavy atom. The van der Waals surface area contributed by atoms with E-state index < -0.39 is 0 Å². The number of nitrogens with one attached hydrogen (secondary N) is 1. The highest BCUT2D eigenvalue weighted by atomic mass is 19.1. The van der Waals surface area contributed by atoms with E-state index in [-0.39, 0.29) is 17.8 Å². The van der Waals surface area contributed by atoms with E-state index in [9.17, 15) is 9.18 Å². The summed E-state index contributed by atoms with van der Waals surface area (Å²) in [4.78, 5) is 14.5. The third kappa shape index (κ3) is 3.53. The largest absolute Gasteiger partial charge is 0.336 e. The second-order valence-electron chi connectivity index (χ2n) is 5.97. The molecule has 0 radical (unpaired) electrons. The van der Waals surface area contributed by atoms with E-state index in [1.165, 1.54) is 12.5 Å². The fourth-order valence-corrected chi connectivity index (χ4v) is 3.05. The molecule has 1 unspecified atom stereocenters. The van der Waals surface area contributed by atoms with Gasteiger partial charge in [0, 0.05) is 12.6 Å². The highest BCUT2D eigenvalue weighted by Gasteiger charge is 2.27. The summed E-state index contributed by atoms with van der Waals surface area (Å²) in [7, 11) is 0. The first-order valence-electron chi connectivity index (χ1n) is 8.35. The number of halogens is 1. The van der Waals surface area contributed by atoms with Gasteiger partial charge in [0.1, 0.15) is 5.82 Å². The van der Waals surface area contributed by atoms with Crippen molar-refractivity contribution < 1.29 is 9.18 Å². The number of anilines is 2. The second kappa shape index (κ2) is 7.38. The van der Waals surface area contributed by atoms with Crippen molar-refractivity contribution in [3.05, 3.63) is 47.9 Å². The number of benzene rings is 1. The Morgan fingerprint density at radius 1 is 1.25 bits per heavy atom. The van der Waals surface area contributed by atoms with Crippen molar-refractivity contribution in [2.75, 3.05) is 11.9 Å². The van der Waals surface area contributed by atoms with Crippen LogP contribution in [0.15, 0.2) is 36.4 Å². The van der Waals surface area contributed by atoms with Crippen LogP contribution < -0.4 is 5.32 Å². The van der Waals surface area contributed by atoms with Crippen LogP contribution in [0.4, 0.5) is 15.9 Å². The summed E-state index contributed by atoms with van der Waals surface area (Å²) in [5.74, 6) is -0.0348. The summed E-state index contributed by atoms with van der Waals surface area (Å²) >= 11 is 0. The van der Waals surface area contributed by atoms with Gasteiger partial charge in [-0.25, -0.2) is 4.39 Å². The van der Waals surface area contributed by atoms with Gasteiger partial charge in [-0.05, 0) is 49.9 Å². The lowest BCUT2D eigenvalue weighted by Gasteiger charge is -2.34. The van der Waals surface area contributed by atoms with E-state index in [2.05, 4.69) is 22.4 Å². The van der Waals surface area contributed by atoms with E-state index in [0.717, 1.165) is 25.8 Å². The monoisotopic (exact) mass is 328 g/mol. The molecule has 0 spiro atoms. The Kier molecular flexibility index (Phi) is 5.03. The van der Waals surface area contributed by atoms with Crippen molar-refractivity contribution in [1.82, 2.24) is 15.1 Å².